The number of hydrogen-bond acceptors (Lipinski definition) is 8. The first-order chi connectivity index (χ1) is 19.5. The summed E-state index contributed by atoms with van der Waals surface area (Å²) in [6.07, 6.45) is -0.685. The lowest BCUT2D eigenvalue weighted by molar-refractivity contribution is -0.142. The van der Waals surface area contributed by atoms with Gasteiger partial charge in [-0.1, -0.05) is 18.2 Å². The average molecular weight is 547 g/mol. The summed E-state index contributed by atoms with van der Waals surface area (Å²) in [6, 6.07) is 18.0. The van der Waals surface area contributed by atoms with Crippen LogP contribution in [0.4, 0.5) is 5.69 Å². The number of ether oxygens (including phenoxy) is 5. The van der Waals surface area contributed by atoms with Gasteiger partial charge in [-0.3, -0.25) is 9.59 Å². The summed E-state index contributed by atoms with van der Waals surface area (Å²) in [5.41, 5.74) is 2.85. The first-order valence-electron chi connectivity index (χ1n) is 13.2. The van der Waals surface area contributed by atoms with E-state index in [4.69, 9.17) is 23.7 Å². The van der Waals surface area contributed by atoms with E-state index in [0.717, 1.165) is 11.1 Å². The standard InChI is InChI=1S/C30H30N2O8/c1-36-23-5-3-2-4-18(23)14-31-28(34)13-20-12-22-21-11-19(7-9-24(21)40-29(22)27(15-33)39-20)32-30(35)17-6-8-25-26(10-17)38-16-37-25/h2-11,20,22,27,29,33H,12-16H2,1H3,(H,31,34)(H,32,35)/t20-,22-,27+,29+/m1/s1. The van der Waals surface area contributed by atoms with E-state index in [2.05, 4.69) is 10.6 Å². The number of aliphatic hydroxyl groups excluding tert-OH is 1. The van der Waals surface area contributed by atoms with Crippen LogP contribution < -0.4 is 29.6 Å². The van der Waals surface area contributed by atoms with Crippen LogP contribution >= 0.6 is 0 Å². The molecule has 0 saturated carbocycles. The van der Waals surface area contributed by atoms with Gasteiger partial charge < -0.3 is 39.4 Å². The van der Waals surface area contributed by atoms with E-state index in [9.17, 15) is 14.7 Å². The summed E-state index contributed by atoms with van der Waals surface area (Å²) in [6.45, 7) is 0.238. The summed E-state index contributed by atoms with van der Waals surface area (Å²) in [7, 11) is 1.59. The van der Waals surface area contributed by atoms with E-state index in [1.165, 1.54) is 0 Å². The molecule has 3 heterocycles. The zero-order valence-electron chi connectivity index (χ0n) is 21.9. The number of fused-ring (bicyclic) bond motifs is 4. The van der Waals surface area contributed by atoms with Crippen LogP contribution in [0, 0.1) is 0 Å². The van der Waals surface area contributed by atoms with Crippen LogP contribution in [0.2, 0.25) is 0 Å². The monoisotopic (exact) mass is 546 g/mol. The Morgan fingerprint density at radius 1 is 1.02 bits per heavy atom. The molecule has 4 atom stereocenters. The fourth-order valence-electron chi connectivity index (χ4n) is 5.53. The number of hydrogen-bond donors (Lipinski definition) is 3. The van der Waals surface area contributed by atoms with Crippen molar-refractivity contribution >= 4 is 17.5 Å². The lowest BCUT2D eigenvalue weighted by atomic mass is 9.84. The van der Waals surface area contributed by atoms with Crippen molar-refractivity contribution in [2.75, 3.05) is 25.8 Å². The molecular formula is C30H30N2O8. The lowest BCUT2D eigenvalue weighted by Gasteiger charge is -2.37. The number of methoxy groups -OCH3 is 1. The third-order valence-electron chi connectivity index (χ3n) is 7.47. The van der Waals surface area contributed by atoms with Gasteiger partial charge in [0.25, 0.3) is 5.91 Å². The van der Waals surface area contributed by atoms with Gasteiger partial charge in [0.2, 0.25) is 12.7 Å². The average Bonchev–Trinajstić information content (AvgIpc) is 3.60. The Morgan fingerprint density at radius 2 is 1.85 bits per heavy atom. The van der Waals surface area contributed by atoms with Gasteiger partial charge in [-0.25, -0.2) is 0 Å². The molecule has 2 amide bonds. The second-order valence-electron chi connectivity index (χ2n) is 9.97. The van der Waals surface area contributed by atoms with E-state index in [-0.39, 0.29) is 43.7 Å². The molecule has 3 N–H and O–H groups in total. The van der Waals surface area contributed by atoms with Crippen molar-refractivity contribution in [2.45, 2.75) is 43.6 Å². The molecule has 6 rings (SSSR count). The fourth-order valence-corrected chi connectivity index (χ4v) is 5.53. The number of carbonyl (C=O) groups excluding carboxylic acids is 2. The van der Waals surface area contributed by atoms with Crippen LogP contribution in [-0.2, 0) is 16.1 Å². The second kappa shape index (κ2) is 11.1. The Hall–Kier alpha value is -4.28. The Morgan fingerprint density at radius 3 is 2.70 bits per heavy atom. The van der Waals surface area contributed by atoms with Crippen LogP contribution in [0.5, 0.6) is 23.0 Å². The van der Waals surface area contributed by atoms with Crippen LogP contribution in [0.3, 0.4) is 0 Å². The molecule has 3 aromatic carbocycles. The van der Waals surface area contributed by atoms with Crippen molar-refractivity contribution in [1.82, 2.24) is 5.32 Å². The molecule has 3 aromatic rings. The highest BCUT2D eigenvalue weighted by Crippen LogP contribution is 2.47. The van der Waals surface area contributed by atoms with Gasteiger partial charge in [-0.15, -0.1) is 0 Å². The molecule has 40 heavy (non-hydrogen) atoms. The molecule has 10 heteroatoms. The van der Waals surface area contributed by atoms with Gasteiger partial charge in [0, 0.05) is 34.8 Å². The van der Waals surface area contributed by atoms with E-state index >= 15 is 0 Å². The Bertz CT molecular complexity index is 1430. The van der Waals surface area contributed by atoms with Crippen LogP contribution in [0.15, 0.2) is 60.7 Å². The predicted octanol–water partition coefficient (Wildman–Crippen LogP) is 3.38. The number of rotatable bonds is 8. The molecule has 1 saturated heterocycles. The number of nitrogens with one attached hydrogen (secondary N) is 2. The molecule has 0 aromatic heterocycles. The van der Waals surface area contributed by atoms with Gasteiger partial charge in [0.1, 0.15) is 23.7 Å². The molecule has 208 valence electrons. The van der Waals surface area contributed by atoms with E-state index < -0.39 is 12.2 Å². The smallest absolute Gasteiger partial charge is 0.255 e. The van der Waals surface area contributed by atoms with E-state index in [1.807, 2.05) is 36.4 Å². The highest BCUT2D eigenvalue weighted by atomic mass is 16.7. The summed E-state index contributed by atoms with van der Waals surface area (Å²) in [5.74, 6) is 2.00. The number of carbonyl (C=O) groups is 2. The Labute approximate surface area is 231 Å². The molecule has 1 fully saturated rings. The number of amides is 2. The minimum Gasteiger partial charge on any atom is -0.496 e. The third-order valence-corrected chi connectivity index (χ3v) is 7.47. The summed E-state index contributed by atoms with van der Waals surface area (Å²) in [4.78, 5) is 25.7. The van der Waals surface area contributed by atoms with Crippen molar-refractivity contribution in [3.8, 4) is 23.0 Å². The van der Waals surface area contributed by atoms with Gasteiger partial charge in [-0.05, 0) is 48.9 Å². The summed E-state index contributed by atoms with van der Waals surface area (Å²) >= 11 is 0. The number of para-hydroxylation sites is 1. The highest BCUT2D eigenvalue weighted by Gasteiger charge is 2.46. The molecule has 3 aliphatic heterocycles. The second-order valence-corrected chi connectivity index (χ2v) is 9.97. The Balaban J connectivity index is 1.13. The minimum atomic E-state index is -0.579. The first kappa shape index (κ1) is 26.0. The molecule has 3 aliphatic rings. The third kappa shape index (κ3) is 5.15. The topological polar surface area (TPSA) is 125 Å². The predicted molar refractivity (Wildman–Crippen MR) is 144 cm³/mol. The van der Waals surface area contributed by atoms with E-state index in [0.29, 0.717) is 47.2 Å². The van der Waals surface area contributed by atoms with Crippen molar-refractivity contribution in [3.05, 3.63) is 77.4 Å². The normalized spacial score (nSPS) is 22.1. The quantitative estimate of drug-likeness (QED) is 0.393. The molecule has 0 spiro atoms. The fraction of sp³-hybridized carbons (Fsp3) is 0.333. The van der Waals surface area contributed by atoms with Crippen molar-refractivity contribution < 1.29 is 38.4 Å². The maximum atomic E-state index is 12.9. The number of aliphatic hydroxyl groups is 1. The number of anilines is 1. The Kier molecular flexibility index (Phi) is 7.19. The molecule has 10 nitrogen and oxygen atoms in total. The van der Waals surface area contributed by atoms with Crippen LogP contribution in [-0.4, -0.2) is 55.7 Å². The highest BCUT2D eigenvalue weighted by molar-refractivity contribution is 6.04. The molecular weight excluding hydrogens is 516 g/mol. The zero-order valence-corrected chi connectivity index (χ0v) is 21.9. The maximum absolute atomic E-state index is 12.9. The molecule has 0 aliphatic carbocycles. The van der Waals surface area contributed by atoms with Crippen molar-refractivity contribution in [2.24, 2.45) is 0 Å². The molecule has 0 unspecified atom stereocenters. The summed E-state index contributed by atoms with van der Waals surface area (Å²) in [5, 5.41) is 15.9. The first-order valence-corrected chi connectivity index (χ1v) is 13.2. The summed E-state index contributed by atoms with van der Waals surface area (Å²) < 4.78 is 28.3. The SMILES string of the molecule is COc1ccccc1CNC(=O)C[C@H]1C[C@@H]2c3cc(NC(=O)c4ccc5c(c4)OCO5)ccc3O[C@@H]2[C@H](CO)O1. The van der Waals surface area contributed by atoms with Gasteiger partial charge in [0.15, 0.2) is 11.5 Å². The van der Waals surface area contributed by atoms with Crippen molar-refractivity contribution in [3.63, 3.8) is 0 Å². The van der Waals surface area contributed by atoms with Gasteiger partial charge in [-0.2, -0.15) is 0 Å². The van der Waals surface area contributed by atoms with E-state index in [1.54, 1.807) is 31.4 Å². The largest absolute Gasteiger partial charge is 0.496 e. The van der Waals surface area contributed by atoms with Crippen LogP contribution in [0.25, 0.3) is 0 Å². The molecule has 0 radical (unpaired) electrons. The minimum absolute atomic E-state index is 0.102. The molecule has 0 bridgehead atoms. The number of benzene rings is 3. The lowest BCUT2D eigenvalue weighted by Crippen LogP contribution is -2.47. The van der Waals surface area contributed by atoms with Gasteiger partial charge >= 0.3 is 0 Å². The van der Waals surface area contributed by atoms with Crippen LogP contribution in [0.1, 0.15) is 40.2 Å². The van der Waals surface area contributed by atoms with Gasteiger partial charge in [0.05, 0.1) is 26.2 Å². The maximum Gasteiger partial charge on any atom is 0.255 e. The van der Waals surface area contributed by atoms with Crippen molar-refractivity contribution in [1.29, 1.82) is 0 Å². The zero-order chi connectivity index (χ0) is 27.6.